The van der Waals surface area contributed by atoms with Gasteiger partial charge in [-0.15, -0.1) is 0 Å². The van der Waals surface area contributed by atoms with Crippen LogP contribution in [0.1, 0.15) is 24.0 Å². The van der Waals surface area contributed by atoms with Gasteiger partial charge < -0.3 is 26.0 Å². The number of nitrogens with two attached hydrogens (primary N) is 1. The van der Waals surface area contributed by atoms with E-state index in [-0.39, 0.29) is 16.4 Å². The number of nitrogens with one attached hydrogen (secondary N) is 2. The van der Waals surface area contributed by atoms with E-state index >= 15 is 0 Å². The van der Waals surface area contributed by atoms with Crippen molar-refractivity contribution in [2.24, 2.45) is 10.7 Å². The maximum Gasteiger partial charge on any atom is 0.320 e. The largest absolute Gasteiger partial charge is 0.480 e. The number of carboxylic acid groups (broad SMARTS) is 1. The van der Waals surface area contributed by atoms with Gasteiger partial charge in [0, 0.05) is 13.1 Å². The van der Waals surface area contributed by atoms with Crippen molar-refractivity contribution in [3.05, 3.63) is 44.5 Å². The van der Waals surface area contributed by atoms with Gasteiger partial charge in [-0.25, -0.2) is 9.98 Å². The Morgan fingerprint density at radius 3 is 2.79 bits per heavy atom. The Morgan fingerprint density at radius 2 is 2.07 bits per heavy atom. The van der Waals surface area contributed by atoms with Gasteiger partial charge in [0.1, 0.15) is 11.5 Å². The van der Waals surface area contributed by atoms with Crippen molar-refractivity contribution in [3.63, 3.8) is 0 Å². The summed E-state index contributed by atoms with van der Waals surface area (Å²) in [6.45, 7) is 9.63. The third kappa shape index (κ3) is 4.52. The molecule has 1 aliphatic rings. The quantitative estimate of drug-likeness (QED) is 0.459. The molecular weight excluding hydrogens is 372 g/mol. The number of H-pyrrole nitrogens is 1. The van der Waals surface area contributed by atoms with Crippen molar-refractivity contribution in [2.45, 2.75) is 32.7 Å². The Morgan fingerprint density at radius 1 is 1.34 bits per heavy atom. The van der Waals surface area contributed by atoms with Gasteiger partial charge in [0.25, 0.3) is 5.56 Å². The van der Waals surface area contributed by atoms with Crippen molar-refractivity contribution >= 4 is 29.7 Å². The van der Waals surface area contributed by atoms with Crippen LogP contribution in [0, 0.1) is 13.8 Å². The topological polar surface area (TPSA) is 137 Å². The van der Waals surface area contributed by atoms with E-state index in [4.69, 9.17) is 10.8 Å². The second-order valence-corrected chi connectivity index (χ2v) is 7.21. The number of carboxylic acids is 1. The standard InChI is InChI=1S/C20H26N6O3/c1-11-9-15-16(10-12(11)2)26(8-7-22-6-4-5-14(21)20(28)29)18-17(25-15)19(27)24-13(3)23-18/h9-10,14,22H,3-8,21H2,1-2H3,(H,24,27)(H,28,29)/t14-/m1/s1. The zero-order valence-electron chi connectivity index (χ0n) is 16.7. The maximum atomic E-state index is 12.4. The Hall–Kier alpha value is -3.04. The molecule has 1 aromatic heterocycles. The van der Waals surface area contributed by atoms with Gasteiger partial charge in [-0.05, 0) is 56.5 Å². The number of benzene rings is 1. The number of aromatic nitrogens is 2. The molecule has 2 heterocycles. The van der Waals surface area contributed by atoms with Crippen LogP contribution in [0.3, 0.4) is 0 Å². The van der Waals surface area contributed by atoms with Crippen LogP contribution in [0.5, 0.6) is 0 Å². The molecular formula is C20H26N6O3. The summed E-state index contributed by atoms with van der Waals surface area (Å²) in [7, 11) is 0. The van der Waals surface area contributed by atoms with E-state index in [1.807, 2.05) is 24.8 Å². The van der Waals surface area contributed by atoms with Gasteiger partial charge in [-0.3, -0.25) is 9.59 Å². The summed E-state index contributed by atoms with van der Waals surface area (Å²) >= 11 is 0. The monoisotopic (exact) mass is 398 g/mol. The lowest BCUT2D eigenvalue weighted by atomic mass is 10.1. The third-order valence-electron chi connectivity index (χ3n) is 4.99. The number of hydrogen-bond donors (Lipinski definition) is 4. The van der Waals surface area contributed by atoms with Crippen molar-refractivity contribution in [3.8, 4) is 0 Å². The van der Waals surface area contributed by atoms with Crippen LogP contribution in [0.2, 0.25) is 0 Å². The molecule has 0 saturated heterocycles. The highest BCUT2D eigenvalue weighted by Crippen LogP contribution is 2.36. The number of aromatic amines is 1. The van der Waals surface area contributed by atoms with Crippen molar-refractivity contribution in [1.29, 1.82) is 0 Å². The number of fused-ring (bicyclic) bond motifs is 2. The van der Waals surface area contributed by atoms with Crippen LogP contribution in [-0.4, -0.2) is 46.7 Å². The fourth-order valence-corrected chi connectivity index (χ4v) is 3.23. The first-order valence-corrected chi connectivity index (χ1v) is 9.54. The van der Waals surface area contributed by atoms with Crippen LogP contribution in [0.15, 0.2) is 21.9 Å². The number of hydrogen-bond acceptors (Lipinski definition) is 7. The average molecular weight is 398 g/mol. The molecule has 1 aliphatic heterocycles. The molecule has 0 fully saturated rings. The van der Waals surface area contributed by atoms with E-state index in [1.165, 1.54) is 0 Å². The van der Waals surface area contributed by atoms with E-state index in [0.29, 0.717) is 38.3 Å². The summed E-state index contributed by atoms with van der Waals surface area (Å²) in [5.41, 5.74) is 9.35. The van der Waals surface area contributed by atoms with Gasteiger partial charge in [0.05, 0.1) is 11.4 Å². The van der Waals surface area contributed by atoms with Crippen molar-refractivity contribution in [1.82, 2.24) is 15.3 Å². The molecule has 154 valence electrons. The highest BCUT2D eigenvalue weighted by molar-refractivity contribution is 5.77. The molecule has 0 radical (unpaired) electrons. The van der Waals surface area contributed by atoms with Gasteiger partial charge in [-0.1, -0.05) is 6.58 Å². The third-order valence-corrected chi connectivity index (χ3v) is 4.99. The zero-order chi connectivity index (χ0) is 21.1. The molecule has 0 unspecified atom stereocenters. The first-order chi connectivity index (χ1) is 13.8. The summed E-state index contributed by atoms with van der Waals surface area (Å²) in [6, 6.07) is 3.19. The smallest absolute Gasteiger partial charge is 0.320 e. The minimum Gasteiger partial charge on any atom is -0.480 e. The lowest BCUT2D eigenvalue weighted by Gasteiger charge is -2.28. The normalized spacial score (nSPS) is 13.4. The number of carbonyl (C=O) groups is 1. The van der Waals surface area contributed by atoms with Crippen LogP contribution >= 0.6 is 0 Å². The predicted molar refractivity (Wildman–Crippen MR) is 111 cm³/mol. The summed E-state index contributed by atoms with van der Waals surface area (Å²) in [5.74, 6) is -0.495. The molecule has 2 aromatic rings. The maximum absolute atomic E-state index is 12.4. The molecule has 0 spiro atoms. The highest BCUT2D eigenvalue weighted by Gasteiger charge is 2.23. The lowest BCUT2D eigenvalue weighted by molar-refractivity contribution is -0.138. The van der Waals surface area contributed by atoms with E-state index in [2.05, 4.69) is 32.9 Å². The van der Waals surface area contributed by atoms with Crippen LogP contribution in [-0.2, 0) is 4.79 Å². The molecule has 29 heavy (non-hydrogen) atoms. The fourth-order valence-electron chi connectivity index (χ4n) is 3.23. The first-order valence-electron chi connectivity index (χ1n) is 9.54. The Kier molecular flexibility index (Phi) is 6.09. The first kappa shape index (κ1) is 20.7. The summed E-state index contributed by atoms with van der Waals surface area (Å²) in [6.07, 6.45) is 1.08. The lowest BCUT2D eigenvalue weighted by Crippen LogP contribution is -2.44. The van der Waals surface area contributed by atoms with Crippen LogP contribution in [0.4, 0.5) is 17.2 Å². The van der Waals surface area contributed by atoms with Crippen molar-refractivity contribution in [2.75, 3.05) is 24.5 Å². The van der Waals surface area contributed by atoms with Crippen LogP contribution in [0.25, 0.3) is 6.58 Å². The molecule has 9 heteroatoms. The van der Waals surface area contributed by atoms with Gasteiger partial charge in [-0.2, -0.15) is 0 Å². The molecule has 0 aliphatic carbocycles. The second-order valence-electron chi connectivity index (χ2n) is 7.21. The molecule has 9 nitrogen and oxygen atoms in total. The molecule has 5 N–H and O–H groups in total. The van der Waals surface area contributed by atoms with Crippen LogP contribution < -0.4 is 32.3 Å². The number of rotatable bonds is 8. The molecule has 0 amide bonds. The SMILES string of the molecule is C=c1nc2c(c(=O)[nH]1)=Nc1cc(C)c(C)cc1N2CCNCCC[C@@H](N)C(=O)O. The van der Waals surface area contributed by atoms with E-state index in [1.54, 1.807) is 0 Å². The van der Waals surface area contributed by atoms with Crippen molar-refractivity contribution < 1.29 is 9.90 Å². The minimum atomic E-state index is -0.985. The molecule has 0 bridgehead atoms. The summed E-state index contributed by atoms with van der Waals surface area (Å²) in [4.78, 5) is 36.7. The van der Waals surface area contributed by atoms with Gasteiger partial charge >= 0.3 is 5.97 Å². The van der Waals surface area contributed by atoms with Gasteiger partial charge in [0.2, 0.25) is 0 Å². The highest BCUT2D eigenvalue weighted by atomic mass is 16.4. The Labute approximate surface area is 168 Å². The molecule has 1 atom stereocenters. The number of aliphatic carboxylic acids is 1. The van der Waals surface area contributed by atoms with Gasteiger partial charge in [0.15, 0.2) is 11.2 Å². The fraction of sp³-hybridized carbons (Fsp3) is 0.400. The summed E-state index contributed by atoms with van der Waals surface area (Å²) in [5, 5.41) is 12.4. The second kappa shape index (κ2) is 8.54. The summed E-state index contributed by atoms with van der Waals surface area (Å²) < 4.78 is 0. The molecule has 3 rings (SSSR count). The van der Waals surface area contributed by atoms with E-state index in [9.17, 15) is 9.59 Å². The Bertz CT molecular complexity index is 1090. The number of aryl methyl sites for hydroxylation is 2. The average Bonchev–Trinajstić information content (AvgIpc) is 2.65. The van der Waals surface area contributed by atoms with E-state index in [0.717, 1.165) is 22.5 Å². The Balaban J connectivity index is 1.79. The molecule has 0 saturated carbocycles. The minimum absolute atomic E-state index is 0.278. The predicted octanol–water partition coefficient (Wildman–Crippen LogP) is -0.0185. The zero-order valence-corrected chi connectivity index (χ0v) is 16.7. The molecule has 1 aromatic carbocycles. The number of anilines is 2. The number of nitrogens with zero attached hydrogens (tertiary/aromatic N) is 3. The van der Waals surface area contributed by atoms with E-state index < -0.39 is 12.0 Å².